The molecular weight excluding hydrogens is 351 g/mol. The number of nitrogens with one attached hydrogen (secondary N) is 1. The Balaban J connectivity index is 3.05. The summed E-state index contributed by atoms with van der Waals surface area (Å²) in [5.41, 5.74) is -0.885. The molecule has 96 valence electrons. The van der Waals surface area contributed by atoms with E-state index >= 15 is 0 Å². The van der Waals surface area contributed by atoms with Crippen LogP contribution in [0.25, 0.3) is 0 Å². The van der Waals surface area contributed by atoms with Crippen molar-refractivity contribution < 1.29 is 8.42 Å². The highest BCUT2D eigenvalue weighted by Crippen LogP contribution is 2.18. The van der Waals surface area contributed by atoms with Crippen LogP contribution in [0.1, 0.15) is 6.92 Å². The van der Waals surface area contributed by atoms with Gasteiger partial charge in [0.2, 0.25) is 10.0 Å². The molecule has 0 aromatic carbocycles. The van der Waals surface area contributed by atoms with Crippen LogP contribution < -0.4 is 4.72 Å². The van der Waals surface area contributed by atoms with E-state index in [1.165, 1.54) is 18.5 Å². The number of pyridine rings is 1. The van der Waals surface area contributed by atoms with Crippen molar-refractivity contribution in [3.8, 4) is 0 Å². The van der Waals surface area contributed by atoms with E-state index in [4.69, 9.17) is 23.2 Å². The Morgan fingerprint density at radius 3 is 2.47 bits per heavy atom. The first-order valence-corrected chi connectivity index (χ1v) is 7.94. The SMILES string of the molecule is CC(CCl)(CCl)NS(=O)(=O)c1cncc(Br)c1. The molecule has 1 rings (SSSR count). The first-order valence-electron chi connectivity index (χ1n) is 4.59. The maximum absolute atomic E-state index is 12.0. The number of rotatable bonds is 5. The average Bonchev–Trinajstić information content (AvgIpc) is 2.28. The highest BCUT2D eigenvalue weighted by molar-refractivity contribution is 9.10. The van der Waals surface area contributed by atoms with Gasteiger partial charge in [-0.3, -0.25) is 4.98 Å². The molecule has 0 spiro atoms. The van der Waals surface area contributed by atoms with E-state index in [2.05, 4.69) is 25.6 Å². The van der Waals surface area contributed by atoms with Gasteiger partial charge >= 0.3 is 0 Å². The van der Waals surface area contributed by atoms with Gasteiger partial charge in [0.1, 0.15) is 4.90 Å². The van der Waals surface area contributed by atoms with Crippen molar-refractivity contribution >= 4 is 49.2 Å². The van der Waals surface area contributed by atoms with Gasteiger partial charge in [-0.1, -0.05) is 0 Å². The van der Waals surface area contributed by atoms with Crippen LogP contribution >= 0.6 is 39.1 Å². The van der Waals surface area contributed by atoms with E-state index in [-0.39, 0.29) is 16.7 Å². The minimum absolute atomic E-state index is 0.0633. The molecule has 1 aromatic heterocycles. The molecule has 0 fully saturated rings. The molecule has 0 unspecified atom stereocenters. The Kier molecular flexibility index (Phi) is 5.21. The second-order valence-electron chi connectivity index (χ2n) is 3.77. The Morgan fingerprint density at radius 1 is 1.41 bits per heavy atom. The van der Waals surface area contributed by atoms with Gasteiger partial charge in [-0.25, -0.2) is 13.1 Å². The van der Waals surface area contributed by atoms with Crippen molar-refractivity contribution in [2.75, 3.05) is 11.8 Å². The number of sulfonamides is 1. The third kappa shape index (κ3) is 4.06. The fourth-order valence-corrected chi connectivity index (χ4v) is 3.50. The Hall–Kier alpha value is 0.120. The summed E-state index contributed by atoms with van der Waals surface area (Å²) in [6.45, 7) is 1.63. The molecule has 1 heterocycles. The molecule has 0 aliphatic heterocycles. The summed E-state index contributed by atoms with van der Waals surface area (Å²) in [6, 6.07) is 1.46. The molecule has 4 nitrogen and oxygen atoms in total. The third-order valence-corrected chi connectivity index (χ3v) is 5.18. The van der Waals surface area contributed by atoms with Gasteiger partial charge in [0.25, 0.3) is 0 Å². The molecule has 1 aromatic rings. The molecular formula is C9H11BrCl2N2O2S. The zero-order chi connectivity index (χ0) is 13.1. The van der Waals surface area contributed by atoms with Gasteiger partial charge < -0.3 is 0 Å². The molecule has 8 heteroatoms. The molecule has 0 saturated heterocycles. The van der Waals surface area contributed by atoms with E-state index in [0.29, 0.717) is 4.47 Å². The van der Waals surface area contributed by atoms with Gasteiger partial charge in [-0.15, -0.1) is 23.2 Å². The fourth-order valence-electron chi connectivity index (χ4n) is 1.01. The second-order valence-corrected chi connectivity index (χ2v) is 6.90. The highest BCUT2D eigenvalue weighted by atomic mass is 79.9. The van der Waals surface area contributed by atoms with E-state index in [1.54, 1.807) is 6.92 Å². The van der Waals surface area contributed by atoms with Crippen molar-refractivity contribution in [1.29, 1.82) is 0 Å². The second kappa shape index (κ2) is 5.84. The number of hydrogen-bond donors (Lipinski definition) is 1. The Bertz CT molecular complexity index is 492. The van der Waals surface area contributed by atoms with Crippen LogP contribution in [0.5, 0.6) is 0 Å². The molecule has 0 aliphatic carbocycles. The van der Waals surface area contributed by atoms with Crippen LogP contribution in [-0.2, 0) is 10.0 Å². The molecule has 0 atom stereocenters. The summed E-state index contributed by atoms with van der Waals surface area (Å²) in [5.74, 6) is 0.161. The fraction of sp³-hybridized carbons (Fsp3) is 0.444. The lowest BCUT2D eigenvalue weighted by molar-refractivity contribution is 0.500. The summed E-state index contributed by atoms with van der Waals surface area (Å²) < 4.78 is 27.1. The number of hydrogen-bond acceptors (Lipinski definition) is 3. The van der Waals surface area contributed by atoms with Crippen molar-refractivity contribution in [3.63, 3.8) is 0 Å². The zero-order valence-electron chi connectivity index (χ0n) is 8.95. The molecule has 0 amide bonds. The monoisotopic (exact) mass is 360 g/mol. The van der Waals surface area contributed by atoms with Crippen molar-refractivity contribution in [1.82, 2.24) is 9.71 Å². The minimum Gasteiger partial charge on any atom is -0.262 e. The van der Waals surface area contributed by atoms with Crippen molar-refractivity contribution in [2.24, 2.45) is 0 Å². The lowest BCUT2D eigenvalue weighted by atomic mass is 10.1. The van der Waals surface area contributed by atoms with Crippen LogP contribution in [0.15, 0.2) is 27.8 Å². The molecule has 0 saturated carbocycles. The quantitative estimate of drug-likeness (QED) is 0.819. The molecule has 0 radical (unpaired) electrons. The van der Waals surface area contributed by atoms with Gasteiger partial charge in [-0.05, 0) is 28.9 Å². The first kappa shape index (κ1) is 15.2. The van der Waals surface area contributed by atoms with Crippen molar-refractivity contribution in [2.45, 2.75) is 17.4 Å². The van der Waals surface area contributed by atoms with Crippen LogP contribution in [0, 0.1) is 0 Å². The van der Waals surface area contributed by atoms with Crippen LogP contribution in [-0.4, -0.2) is 30.7 Å². The van der Waals surface area contributed by atoms with Crippen molar-refractivity contribution in [3.05, 3.63) is 22.9 Å². The number of halogens is 3. The lowest BCUT2D eigenvalue weighted by Crippen LogP contribution is -2.49. The lowest BCUT2D eigenvalue weighted by Gasteiger charge is -2.25. The Labute approximate surface area is 119 Å². The summed E-state index contributed by atoms with van der Waals surface area (Å²) in [6.07, 6.45) is 2.76. The normalized spacial score (nSPS) is 12.7. The summed E-state index contributed by atoms with van der Waals surface area (Å²) in [5, 5.41) is 0. The zero-order valence-corrected chi connectivity index (χ0v) is 12.9. The van der Waals surface area contributed by atoms with Crippen LogP contribution in [0.3, 0.4) is 0 Å². The Morgan fingerprint density at radius 2 is 2.00 bits per heavy atom. The van der Waals surface area contributed by atoms with Gasteiger partial charge in [0.15, 0.2) is 0 Å². The molecule has 0 aliphatic rings. The number of nitrogens with zero attached hydrogens (tertiary/aromatic N) is 1. The largest absolute Gasteiger partial charge is 0.262 e. The van der Waals surface area contributed by atoms with Gasteiger partial charge in [0, 0.05) is 28.6 Å². The third-order valence-electron chi connectivity index (χ3n) is 1.96. The number of alkyl halides is 2. The topological polar surface area (TPSA) is 59.1 Å². The maximum Gasteiger partial charge on any atom is 0.242 e. The first-order chi connectivity index (χ1) is 7.83. The van der Waals surface area contributed by atoms with Crippen LogP contribution in [0.2, 0.25) is 0 Å². The van der Waals surface area contributed by atoms with E-state index < -0.39 is 15.6 Å². The summed E-state index contributed by atoms with van der Waals surface area (Å²) in [4.78, 5) is 3.86. The van der Waals surface area contributed by atoms with Gasteiger partial charge in [-0.2, -0.15) is 0 Å². The summed E-state index contributed by atoms with van der Waals surface area (Å²) >= 11 is 14.6. The predicted molar refractivity (Wildman–Crippen MR) is 72.1 cm³/mol. The smallest absolute Gasteiger partial charge is 0.242 e. The maximum atomic E-state index is 12.0. The molecule has 1 N–H and O–H groups in total. The molecule has 0 bridgehead atoms. The highest BCUT2D eigenvalue weighted by Gasteiger charge is 2.29. The van der Waals surface area contributed by atoms with E-state index in [9.17, 15) is 8.42 Å². The number of aromatic nitrogens is 1. The van der Waals surface area contributed by atoms with E-state index in [1.807, 2.05) is 0 Å². The summed E-state index contributed by atoms with van der Waals surface area (Å²) in [7, 11) is -3.68. The minimum atomic E-state index is -3.68. The van der Waals surface area contributed by atoms with E-state index in [0.717, 1.165) is 0 Å². The van der Waals surface area contributed by atoms with Gasteiger partial charge in [0.05, 0.1) is 5.54 Å². The average molecular weight is 362 g/mol. The standard InChI is InChI=1S/C9H11BrCl2N2O2S/c1-9(5-11,6-12)14-17(15,16)8-2-7(10)3-13-4-8/h2-4,14H,5-6H2,1H3. The van der Waals surface area contributed by atoms with Crippen LogP contribution in [0.4, 0.5) is 0 Å². The predicted octanol–water partition coefficient (Wildman–Crippen LogP) is 2.36. The molecule has 17 heavy (non-hydrogen) atoms.